The summed E-state index contributed by atoms with van der Waals surface area (Å²) in [6.07, 6.45) is 2.59. The Kier molecular flexibility index (Phi) is 4.70. The van der Waals surface area contributed by atoms with Crippen LogP contribution in [0.1, 0.15) is 0 Å². The lowest BCUT2D eigenvalue weighted by Gasteiger charge is -2.12. The topological polar surface area (TPSA) is 90.4 Å². The van der Waals surface area contributed by atoms with Crippen molar-refractivity contribution in [1.82, 2.24) is 9.78 Å². The molecule has 106 valence electrons. The highest BCUT2D eigenvalue weighted by atomic mass is 79.9. The third-order valence-electron chi connectivity index (χ3n) is 2.47. The zero-order chi connectivity index (χ0) is 14.5. The number of rotatable bonds is 6. The van der Waals surface area contributed by atoms with Crippen LogP contribution in [0.5, 0.6) is 5.75 Å². The Morgan fingerprint density at radius 2 is 2.35 bits per heavy atom. The second-order valence-corrected chi connectivity index (χ2v) is 5.02. The summed E-state index contributed by atoms with van der Waals surface area (Å²) in [6.45, 7) is 0.305. The van der Waals surface area contributed by atoms with Crippen molar-refractivity contribution in [2.24, 2.45) is 0 Å². The molecule has 2 rings (SSSR count). The first-order valence-corrected chi connectivity index (χ1v) is 6.57. The molecule has 1 aromatic heterocycles. The van der Waals surface area contributed by atoms with E-state index in [2.05, 4.69) is 21.0 Å². The van der Waals surface area contributed by atoms with E-state index in [1.165, 1.54) is 18.2 Å². The van der Waals surface area contributed by atoms with Crippen LogP contribution >= 0.6 is 15.9 Å². The average Bonchev–Trinajstić information content (AvgIpc) is 2.82. The smallest absolute Gasteiger partial charge is 0.273 e. The van der Waals surface area contributed by atoms with Crippen molar-refractivity contribution in [3.05, 3.63) is 51.2 Å². The van der Waals surface area contributed by atoms with E-state index >= 15 is 0 Å². The van der Waals surface area contributed by atoms with Gasteiger partial charge in [0.25, 0.3) is 5.69 Å². The number of aromatic nitrogens is 2. The molecule has 0 amide bonds. The summed E-state index contributed by atoms with van der Waals surface area (Å²) in [7, 11) is 0. The van der Waals surface area contributed by atoms with E-state index in [1.807, 2.05) is 0 Å². The monoisotopic (exact) mass is 341 g/mol. The quantitative estimate of drug-likeness (QED) is 0.640. The molecule has 0 aliphatic carbocycles. The Labute approximate surface area is 123 Å². The third kappa shape index (κ3) is 4.04. The highest BCUT2D eigenvalue weighted by Crippen LogP contribution is 2.19. The summed E-state index contributed by atoms with van der Waals surface area (Å²) in [5, 5.41) is 24.4. The van der Waals surface area contributed by atoms with Crippen molar-refractivity contribution in [2.45, 2.75) is 12.6 Å². The SMILES string of the molecule is O=[N+]([O-])c1cccc(OC[C@H](O)Cn2cc(Br)cn2)c1. The predicted molar refractivity (Wildman–Crippen MR) is 74.5 cm³/mol. The molecule has 0 radical (unpaired) electrons. The second-order valence-electron chi connectivity index (χ2n) is 4.10. The molecule has 0 saturated heterocycles. The molecule has 0 spiro atoms. The largest absolute Gasteiger partial charge is 0.491 e. The van der Waals surface area contributed by atoms with Gasteiger partial charge in [-0.3, -0.25) is 14.8 Å². The first-order chi connectivity index (χ1) is 9.54. The summed E-state index contributed by atoms with van der Waals surface area (Å²) in [5.41, 5.74) is -0.0482. The number of hydrogen-bond donors (Lipinski definition) is 1. The summed E-state index contributed by atoms with van der Waals surface area (Å²) < 4.78 is 7.73. The number of halogens is 1. The average molecular weight is 342 g/mol. The van der Waals surface area contributed by atoms with Crippen LogP contribution in [0.4, 0.5) is 5.69 Å². The van der Waals surface area contributed by atoms with Crippen LogP contribution in [0.3, 0.4) is 0 Å². The Bertz CT molecular complexity index is 602. The minimum atomic E-state index is -0.763. The number of hydrogen-bond acceptors (Lipinski definition) is 5. The first kappa shape index (κ1) is 14.5. The van der Waals surface area contributed by atoms with E-state index in [4.69, 9.17) is 4.74 Å². The van der Waals surface area contributed by atoms with Crippen LogP contribution < -0.4 is 4.74 Å². The van der Waals surface area contributed by atoms with Crippen molar-refractivity contribution < 1.29 is 14.8 Å². The first-order valence-electron chi connectivity index (χ1n) is 5.78. The molecule has 0 saturated carbocycles. The van der Waals surface area contributed by atoms with E-state index in [1.54, 1.807) is 23.1 Å². The van der Waals surface area contributed by atoms with E-state index in [0.29, 0.717) is 5.75 Å². The number of aliphatic hydroxyl groups excluding tert-OH is 1. The molecule has 0 aliphatic heterocycles. The number of aliphatic hydroxyl groups is 1. The fourth-order valence-corrected chi connectivity index (χ4v) is 1.91. The zero-order valence-electron chi connectivity index (χ0n) is 10.3. The molecule has 7 nitrogen and oxygen atoms in total. The number of benzene rings is 1. The van der Waals surface area contributed by atoms with Gasteiger partial charge in [-0.2, -0.15) is 5.10 Å². The molecule has 0 fully saturated rings. The van der Waals surface area contributed by atoms with Crippen LogP contribution in [0.15, 0.2) is 41.1 Å². The van der Waals surface area contributed by atoms with Gasteiger partial charge in [0.1, 0.15) is 18.5 Å². The fourth-order valence-electron chi connectivity index (χ4n) is 1.59. The van der Waals surface area contributed by atoms with Gasteiger partial charge in [0, 0.05) is 12.3 Å². The van der Waals surface area contributed by atoms with Crippen LogP contribution in [-0.2, 0) is 6.54 Å². The molecule has 1 heterocycles. The number of nitrogens with zero attached hydrogens (tertiary/aromatic N) is 3. The molecule has 0 aliphatic rings. The van der Waals surface area contributed by atoms with Crippen LogP contribution in [0.25, 0.3) is 0 Å². The summed E-state index contributed by atoms with van der Waals surface area (Å²) >= 11 is 3.26. The third-order valence-corrected chi connectivity index (χ3v) is 2.88. The zero-order valence-corrected chi connectivity index (χ0v) is 11.9. The molecule has 1 atom stereocenters. The Morgan fingerprint density at radius 3 is 3.00 bits per heavy atom. The van der Waals surface area contributed by atoms with Crippen molar-refractivity contribution in [1.29, 1.82) is 0 Å². The van der Waals surface area contributed by atoms with Gasteiger partial charge in [-0.25, -0.2) is 0 Å². The van der Waals surface area contributed by atoms with Crippen molar-refractivity contribution in [2.75, 3.05) is 6.61 Å². The van der Waals surface area contributed by atoms with Gasteiger partial charge in [0.2, 0.25) is 0 Å². The molecule has 8 heteroatoms. The molecule has 0 bridgehead atoms. The van der Waals surface area contributed by atoms with Gasteiger partial charge >= 0.3 is 0 Å². The fraction of sp³-hybridized carbons (Fsp3) is 0.250. The minimum absolute atomic E-state index is 0.0264. The Balaban J connectivity index is 1.88. The molecule has 2 aromatic rings. The molecular weight excluding hydrogens is 330 g/mol. The maximum Gasteiger partial charge on any atom is 0.273 e. The Hall–Kier alpha value is -1.93. The molecule has 1 aromatic carbocycles. The van der Waals surface area contributed by atoms with Crippen molar-refractivity contribution >= 4 is 21.6 Å². The number of nitro benzene ring substituents is 1. The lowest BCUT2D eigenvalue weighted by Crippen LogP contribution is -2.23. The normalized spacial score (nSPS) is 12.1. The van der Waals surface area contributed by atoms with Crippen LogP contribution in [0, 0.1) is 10.1 Å². The lowest BCUT2D eigenvalue weighted by atomic mass is 10.3. The van der Waals surface area contributed by atoms with Gasteiger partial charge in [0.15, 0.2) is 0 Å². The van der Waals surface area contributed by atoms with Crippen LogP contribution in [-0.4, -0.2) is 32.5 Å². The summed E-state index contributed by atoms with van der Waals surface area (Å²) in [4.78, 5) is 10.1. The van der Waals surface area contributed by atoms with Gasteiger partial charge in [-0.15, -0.1) is 0 Å². The molecule has 1 N–H and O–H groups in total. The van der Waals surface area contributed by atoms with E-state index in [0.717, 1.165) is 4.47 Å². The van der Waals surface area contributed by atoms with Crippen molar-refractivity contribution in [3.8, 4) is 5.75 Å². The van der Waals surface area contributed by atoms with Crippen molar-refractivity contribution in [3.63, 3.8) is 0 Å². The number of ether oxygens (including phenoxy) is 1. The maximum atomic E-state index is 10.6. The number of nitro groups is 1. The van der Waals surface area contributed by atoms with Gasteiger partial charge in [0.05, 0.1) is 28.2 Å². The van der Waals surface area contributed by atoms with Crippen LogP contribution in [0.2, 0.25) is 0 Å². The predicted octanol–water partition coefficient (Wildman–Crippen LogP) is 1.99. The lowest BCUT2D eigenvalue weighted by molar-refractivity contribution is -0.384. The summed E-state index contributed by atoms with van der Waals surface area (Å²) in [6, 6.07) is 5.83. The summed E-state index contributed by atoms with van der Waals surface area (Å²) in [5.74, 6) is 0.347. The van der Waals surface area contributed by atoms with Gasteiger partial charge in [-0.1, -0.05) is 6.07 Å². The Morgan fingerprint density at radius 1 is 1.55 bits per heavy atom. The highest BCUT2D eigenvalue weighted by molar-refractivity contribution is 9.10. The molecule has 0 unspecified atom stereocenters. The molecular formula is C12H12BrN3O4. The van der Waals surface area contributed by atoms with E-state index in [9.17, 15) is 15.2 Å². The van der Waals surface area contributed by atoms with E-state index < -0.39 is 11.0 Å². The van der Waals surface area contributed by atoms with Gasteiger partial charge < -0.3 is 9.84 Å². The number of non-ortho nitro benzene ring substituents is 1. The second kappa shape index (κ2) is 6.49. The minimum Gasteiger partial charge on any atom is -0.491 e. The van der Waals surface area contributed by atoms with E-state index in [-0.39, 0.29) is 18.8 Å². The van der Waals surface area contributed by atoms with Gasteiger partial charge in [-0.05, 0) is 22.0 Å². The maximum absolute atomic E-state index is 10.6. The standard InChI is InChI=1S/C12H12BrN3O4/c13-9-5-14-15(6-9)7-11(17)8-20-12-3-1-2-10(4-12)16(18)19/h1-6,11,17H,7-8H2/t11-/m1/s1. The highest BCUT2D eigenvalue weighted by Gasteiger charge is 2.10. The molecule has 20 heavy (non-hydrogen) atoms.